The first-order valence-corrected chi connectivity index (χ1v) is 10.3. The molecule has 5 atom stereocenters. The summed E-state index contributed by atoms with van der Waals surface area (Å²) in [5.41, 5.74) is 1.70. The lowest BCUT2D eigenvalue weighted by Gasteiger charge is -2.42. The maximum atomic E-state index is 15.1. The van der Waals surface area contributed by atoms with Gasteiger partial charge in [-0.15, -0.1) is 0 Å². The van der Waals surface area contributed by atoms with Crippen molar-refractivity contribution in [3.8, 4) is 0 Å². The van der Waals surface area contributed by atoms with Crippen LogP contribution in [0.3, 0.4) is 0 Å². The van der Waals surface area contributed by atoms with Crippen LogP contribution in [0.1, 0.15) is 25.0 Å². The molecule has 0 amide bonds. The first-order chi connectivity index (χ1) is 15.4. The Morgan fingerprint density at radius 1 is 0.812 bits per heavy atom. The van der Waals surface area contributed by atoms with Crippen molar-refractivity contribution in [3.63, 3.8) is 0 Å². The fourth-order valence-corrected chi connectivity index (χ4v) is 3.43. The molecule has 1 aliphatic rings. The average Bonchev–Trinajstić information content (AvgIpc) is 2.78. The first kappa shape index (κ1) is 23.8. The van der Waals surface area contributed by atoms with E-state index >= 15 is 4.39 Å². The summed E-state index contributed by atoms with van der Waals surface area (Å²) < 4.78 is 42.8. The van der Waals surface area contributed by atoms with Gasteiger partial charge in [0.25, 0.3) is 0 Å². The minimum absolute atomic E-state index is 0.113. The van der Waals surface area contributed by atoms with Crippen molar-refractivity contribution in [1.29, 1.82) is 0 Å². The normalized spacial score (nSPS) is 25.2. The third-order valence-corrected chi connectivity index (χ3v) is 4.90. The smallest absolute Gasteiger partial charge is 0.303 e. The minimum atomic E-state index is -1.88. The predicted molar refractivity (Wildman–Crippen MR) is 112 cm³/mol. The van der Waals surface area contributed by atoms with Crippen molar-refractivity contribution in [2.75, 3.05) is 6.61 Å². The molecular weight excluding hydrogens is 419 g/mol. The molecule has 0 N–H and O–H groups in total. The Morgan fingerprint density at radius 2 is 1.34 bits per heavy atom. The fraction of sp³-hybridized carbons (Fsp3) is 0.417. The van der Waals surface area contributed by atoms with Gasteiger partial charge in [0.15, 0.2) is 6.10 Å². The zero-order valence-electron chi connectivity index (χ0n) is 18.0. The van der Waals surface area contributed by atoms with E-state index in [1.54, 1.807) is 0 Å². The monoisotopic (exact) mass is 446 g/mol. The summed E-state index contributed by atoms with van der Waals surface area (Å²) in [6.45, 7) is 2.43. The second-order valence-electron chi connectivity index (χ2n) is 7.42. The topological polar surface area (TPSA) is 80.3 Å². The lowest BCUT2D eigenvalue weighted by molar-refractivity contribution is -0.290. The van der Waals surface area contributed by atoms with E-state index in [1.165, 1.54) is 13.8 Å². The number of carbonyl (C=O) groups is 2. The van der Waals surface area contributed by atoms with E-state index in [9.17, 15) is 9.59 Å². The van der Waals surface area contributed by atoms with Gasteiger partial charge in [-0.25, -0.2) is 4.39 Å². The number of esters is 2. The van der Waals surface area contributed by atoms with E-state index in [0.717, 1.165) is 11.1 Å². The van der Waals surface area contributed by atoms with Crippen LogP contribution in [0.15, 0.2) is 60.7 Å². The van der Waals surface area contributed by atoms with Crippen LogP contribution in [0.5, 0.6) is 0 Å². The van der Waals surface area contributed by atoms with Crippen molar-refractivity contribution in [1.82, 2.24) is 0 Å². The van der Waals surface area contributed by atoms with Crippen molar-refractivity contribution >= 4 is 11.9 Å². The highest BCUT2D eigenvalue weighted by atomic mass is 19.1. The van der Waals surface area contributed by atoms with Crippen LogP contribution < -0.4 is 0 Å². The Kier molecular flexibility index (Phi) is 8.72. The van der Waals surface area contributed by atoms with Gasteiger partial charge in [-0.2, -0.15) is 0 Å². The van der Waals surface area contributed by atoms with Gasteiger partial charge in [-0.1, -0.05) is 60.7 Å². The van der Waals surface area contributed by atoms with Crippen LogP contribution in [-0.4, -0.2) is 49.3 Å². The molecule has 0 spiro atoms. The molecule has 7 nitrogen and oxygen atoms in total. The van der Waals surface area contributed by atoms with Crippen LogP contribution in [0, 0.1) is 0 Å². The molecule has 2 aromatic carbocycles. The lowest BCUT2D eigenvalue weighted by Crippen LogP contribution is -2.60. The second kappa shape index (κ2) is 11.7. The summed E-state index contributed by atoms with van der Waals surface area (Å²) in [7, 11) is 0. The van der Waals surface area contributed by atoms with Gasteiger partial charge in [0.1, 0.15) is 24.9 Å². The first-order valence-electron chi connectivity index (χ1n) is 10.3. The van der Waals surface area contributed by atoms with Gasteiger partial charge in [-0.3, -0.25) is 9.59 Å². The van der Waals surface area contributed by atoms with Crippen LogP contribution in [-0.2, 0) is 46.5 Å². The molecule has 1 saturated heterocycles. The number of benzene rings is 2. The molecule has 0 aromatic heterocycles. The van der Waals surface area contributed by atoms with Crippen molar-refractivity contribution in [2.24, 2.45) is 0 Å². The number of rotatable bonds is 9. The summed E-state index contributed by atoms with van der Waals surface area (Å²) in [5.74, 6) is -1.16. The Hall–Kier alpha value is -2.81. The van der Waals surface area contributed by atoms with Gasteiger partial charge in [0.05, 0.1) is 13.2 Å². The number of alkyl halides is 1. The molecule has 1 fully saturated rings. The minimum Gasteiger partial charge on any atom is -0.463 e. The largest absolute Gasteiger partial charge is 0.463 e. The zero-order chi connectivity index (χ0) is 22.9. The zero-order valence-corrected chi connectivity index (χ0v) is 18.0. The van der Waals surface area contributed by atoms with E-state index in [0.29, 0.717) is 0 Å². The van der Waals surface area contributed by atoms with Crippen LogP contribution in [0.4, 0.5) is 4.39 Å². The Balaban J connectivity index is 1.82. The van der Waals surface area contributed by atoms with Gasteiger partial charge in [0, 0.05) is 13.8 Å². The molecule has 0 saturated carbocycles. The summed E-state index contributed by atoms with van der Waals surface area (Å²) >= 11 is 0. The van der Waals surface area contributed by atoms with E-state index in [2.05, 4.69) is 0 Å². The average molecular weight is 446 g/mol. The Labute approximate surface area is 186 Å². The van der Waals surface area contributed by atoms with E-state index in [4.69, 9.17) is 23.7 Å². The molecule has 0 bridgehead atoms. The molecule has 2 aromatic rings. The summed E-state index contributed by atoms with van der Waals surface area (Å²) in [6.07, 6.45) is -6.13. The van der Waals surface area contributed by atoms with E-state index in [-0.39, 0.29) is 19.8 Å². The molecule has 8 heteroatoms. The Morgan fingerprint density at radius 3 is 1.84 bits per heavy atom. The van der Waals surface area contributed by atoms with E-state index in [1.807, 2.05) is 60.7 Å². The molecule has 32 heavy (non-hydrogen) atoms. The summed E-state index contributed by atoms with van der Waals surface area (Å²) in [4.78, 5) is 23.1. The van der Waals surface area contributed by atoms with Gasteiger partial charge >= 0.3 is 11.9 Å². The van der Waals surface area contributed by atoms with Gasteiger partial charge in [-0.05, 0) is 11.1 Å². The van der Waals surface area contributed by atoms with Gasteiger partial charge in [0.2, 0.25) is 6.36 Å². The SMILES string of the molecule is CC(=O)OC[C@H]1O[C@H](F)[C@H](OCc2ccccc2)[C@@H](OCc2ccccc2)[C@@H]1OC(C)=O. The van der Waals surface area contributed by atoms with E-state index < -0.39 is 42.7 Å². The molecular formula is C24H27FO7. The third-order valence-electron chi connectivity index (χ3n) is 4.90. The number of hydrogen-bond acceptors (Lipinski definition) is 7. The molecule has 0 aliphatic carbocycles. The second-order valence-corrected chi connectivity index (χ2v) is 7.42. The fourth-order valence-electron chi connectivity index (χ4n) is 3.43. The number of ether oxygens (including phenoxy) is 5. The Bertz CT molecular complexity index is 861. The summed E-state index contributed by atoms with van der Waals surface area (Å²) in [5, 5.41) is 0. The quantitative estimate of drug-likeness (QED) is 0.547. The third kappa shape index (κ3) is 6.85. The molecule has 0 unspecified atom stereocenters. The van der Waals surface area contributed by atoms with Crippen molar-refractivity contribution in [3.05, 3.63) is 71.8 Å². The standard InChI is InChI=1S/C24H27FO7/c1-16(26)28-15-20-21(31-17(2)27)22(29-13-18-9-5-3-6-10-18)23(24(25)32-20)30-14-19-11-7-4-8-12-19/h3-12,20-24H,13-15H2,1-2H3/t20-,21-,22+,23-,24+/m1/s1. The lowest BCUT2D eigenvalue weighted by atomic mass is 9.98. The molecule has 3 rings (SSSR count). The van der Waals surface area contributed by atoms with Crippen LogP contribution in [0.2, 0.25) is 0 Å². The van der Waals surface area contributed by atoms with Crippen LogP contribution >= 0.6 is 0 Å². The molecule has 1 aliphatic heterocycles. The molecule has 1 heterocycles. The van der Waals surface area contributed by atoms with Crippen molar-refractivity contribution < 1.29 is 37.7 Å². The molecule has 172 valence electrons. The highest BCUT2D eigenvalue weighted by Crippen LogP contribution is 2.30. The highest BCUT2D eigenvalue weighted by Gasteiger charge is 2.50. The predicted octanol–water partition coefficient (Wildman–Crippen LogP) is 3.35. The maximum Gasteiger partial charge on any atom is 0.303 e. The molecule has 0 radical (unpaired) electrons. The maximum absolute atomic E-state index is 15.1. The summed E-state index contributed by atoms with van der Waals surface area (Å²) in [6, 6.07) is 18.6. The number of hydrogen-bond donors (Lipinski definition) is 0. The van der Waals surface area contributed by atoms with Crippen molar-refractivity contribution in [2.45, 2.75) is 57.8 Å². The van der Waals surface area contributed by atoms with Crippen LogP contribution in [0.25, 0.3) is 0 Å². The number of halogens is 1. The highest BCUT2D eigenvalue weighted by molar-refractivity contribution is 5.66. The van der Waals surface area contributed by atoms with Gasteiger partial charge < -0.3 is 23.7 Å². The number of carbonyl (C=O) groups excluding carboxylic acids is 2.